The minimum Gasteiger partial charge on any atom is -0.378 e. The quantitative estimate of drug-likeness (QED) is 0.845. The van der Waals surface area contributed by atoms with E-state index in [4.69, 9.17) is 4.74 Å². The Hall–Kier alpha value is -2.21. The van der Waals surface area contributed by atoms with Crippen LogP contribution in [0.1, 0.15) is 5.56 Å². The molecule has 1 saturated heterocycles. The van der Waals surface area contributed by atoms with E-state index < -0.39 is 0 Å². The van der Waals surface area contributed by atoms with Crippen LogP contribution in [0.2, 0.25) is 0 Å². The first-order valence-electron chi connectivity index (χ1n) is 7.08. The molecule has 3 rings (SSSR count). The minimum absolute atomic E-state index is 0.755. The minimum atomic E-state index is 0.755. The summed E-state index contributed by atoms with van der Waals surface area (Å²) < 4.78 is 5.38. The number of nitrogens with zero attached hydrogens (tertiary/aromatic N) is 5. The summed E-state index contributed by atoms with van der Waals surface area (Å²) in [5.41, 5.74) is 1.16. The molecular weight excluding hydrogens is 266 g/mol. The van der Waals surface area contributed by atoms with Crippen LogP contribution in [0.15, 0.2) is 36.9 Å². The molecule has 0 spiro atoms. The molecule has 0 amide bonds. The van der Waals surface area contributed by atoms with Gasteiger partial charge in [-0.15, -0.1) is 0 Å². The van der Waals surface area contributed by atoms with Crippen molar-refractivity contribution in [3.8, 4) is 0 Å². The van der Waals surface area contributed by atoms with Gasteiger partial charge < -0.3 is 14.5 Å². The number of pyridine rings is 1. The Kier molecular flexibility index (Phi) is 4.25. The molecule has 6 nitrogen and oxygen atoms in total. The summed E-state index contributed by atoms with van der Waals surface area (Å²) in [6.45, 7) is 4.04. The van der Waals surface area contributed by atoms with Crippen molar-refractivity contribution in [1.82, 2.24) is 15.0 Å². The SMILES string of the molecule is CN(Cc1cccnc1)c1cc(N2CCOCC2)ncn1. The second-order valence-corrected chi connectivity index (χ2v) is 5.05. The highest BCUT2D eigenvalue weighted by Crippen LogP contribution is 2.18. The van der Waals surface area contributed by atoms with Gasteiger partial charge >= 0.3 is 0 Å². The van der Waals surface area contributed by atoms with E-state index in [1.54, 1.807) is 12.5 Å². The molecule has 0 unspecified atom stereocenters. The molecular formula is C15H19N5O. The number of aromatic nitrogens is 3. The fourth-order valence-corrected chi connectivity index (χ4v) is 2.36. The fourth-order valence-electron chi connectivity index (χ4n) is 2.36. The second kappa shape index (κ2) is 6.49. The molecule has 21 heavy (non-hydrogen) atoms. The number of rotatable bonds is 4. The van der Waals surface area contributed by atoms with Crippen molar-refractivity contribution in [2.45, 2.75) is 6.54 Å². The van der Waals surface area contributed by atoms with Gasteiger partial charge in [0.25, 0.3) is 0 Å². The predicted molar refractivity (Wildman–Crippen MR) is 81.4 cm³/mol. The Labute approximate surface area is 124 Å². The van der Waals surface area contributed by atoms with E-state index in [9.17, 15) is 0 Å². The molecule has 3 heterocycles. The number of morpholine rings is 1. The molecule has 0 aliphatic carbocycles. The maximum atomic E-state index is 5.38. The predicted octanol–water partition coefficient (Wildman–Crippen LogP) is 1.34. The van der Waals surface area contributed by atoms with Crippen LogP contribution in [0.5, 0.6) is 0 Å². The lowest BCUT2D eigenvalue weighted by molar-refractivity contribution is 0.122. The van der Waals surface area contributed by atoms with E-state index in [2.05, 4.69) is 30.8 Å². The van der Waals surface area contributed by atoms with Crippen LogP contribution in [0.3, 0.4) is 0 Å². The molecule has 2 aromatic rings. The highest BCUT2D eigenvalue weighted by atomic mass is 16.5. The lowest BCUT2D eigenvalue weighted by Gasteiger charge is -2.28. The number of anilines is 2. The van der Waals surface area contributed by atoms with Crippen LogP contribution in [-0.2, 0) is 11.3 Å². The third kappa shape index (κ3) is 3.46. The third-order valence-corrected chi connectivity index (χ3v) is 3.51. The highest BCUT2D eigenvalue weighted by Gasteiger charge is 2.14. The Morgan fingerprint density at radius 1 is 1.29 bits per heavy atom. The normalized spacial score (nSPS) is 15.0. The van der Waals surface area contributed by atoms with Gasteiger partial charge in [0, 0.05) is 45.1 Å². The maximum absolute atomic E-state index is 5.38. The van der Waals surface area contributed by atoms with E-state index >= 15 is 0 Å². The van der Waals surface area contributed by atoms with Gasteiger partial charge in [-0.05, 0) is 11.6 Å². The summed E-state index contributed by atoms with van der Waals surface area (Å²) in [7, 11) is 2.03. The summed E-state index contributed by atoms with van der Waals surface area (Å²) in [6, 6.07) is 6.04. The summed E-state index contributed by atoms with van der Waals surface area (Å²) >= 11 is 0. The van der Waals surface area contributed by atoms with Gasteiger partial charge in [0.15, 0.2) is 0 Å². The van der Waals surface area contributed by atoms with Crippen LogP contribution >= 0.6 is 0 Å². The van der Waals surface area contributed by atoms with Crippen LogP contribution in [0.25, 0.3) is 0 Å². The topological polar surface area (TPSA) is 54.4 Å². The summed E-state index contributed by atoms with van der Waals surface area (Å²) in [5, 5.41) is 0. The smallest absolute Gasteiger partial charge is 0.134 e. The zero-order valence-corrected chi connectivity index (χ0v) is 12.1. The molecule has 0 N–H and O–H groups in total. The fraction of sp³-hybridized carbons (Fsp3) is 0.400. The zero-order valence-electron chi connectivity index (χ0n) is 12.1. The van der Waals surface area contributed by atoms with Crippen molar-refractivity contribution >= 4 is 11.6 Å². The maximum Gasteiger partial charge on any atom is 0.134 e. The molecule has 110 valence electrons. The molecule has 0 saturated carbocycles. The first-order chi connectivity index (χ1) is 10.3. The lowest BCUT2D eigenvalue weighted by Crippen LogP contribution is -2.36. The van der Waals surface area contributed by atoms with Gasteiger partial charge in [-0.1, -0.05) is 6.07 Å². The monoisotopic (exact) mass is 285 g/mol. The summed E-state index contributed by atoms with van der Waals surface area (Å²) in [4.78, 5) is 17.2. The first-order valence-corrected chi connectivity index (χ1v) is 7.08. The van der Waals surface area contributed by atoms with Crippen molar-refractivity contribution in [2.75, 3.05) is 43.2 Å². The van der Waals surface area contributed by atoms with E-state index in [0.717, 1.165) is 50.0 Å². The standard InChI is InChI=1S/C15H19N5O/c1-19(11-13-3-2-4-16-10-13)14-9-15(18-12-17-14)20-5-7-21-8-6-20/h2-4,9-10,12H,5-8,11H2,1H3. The van der Waals surface area contributed by atoms with Crippen LogP contribution in [0, 0.1) is 0 Å². The molecule has 0 bridgehead atoms. The van der Waals surface area contributed by atoms with Crippen molar-refractivity contribution < 1.29 is 4.74 Å². The Balaban J connectivity index is 1.72. The van der Waals surface area contributed by atoms with Gasteiger partial charge in [0.2, 0.25) is 0 Å². The van der Waals surface area contributed by atoms with E-state index in [1.165, 1.54) is 0 Å². The Bertz CT molecular complexity index is 571. The summed E-state index contributed by atoms with van der Waals surface area (Å²) in [5.74, 6) is 1.87. The van der Waals surface area contributed by atoms with Crippen LogP contribution in [0.4, 0.5) is 11.6 Å². The van der Waals surface area contributed by atoms with Crippen molar-refractivity contribution in [3.63, 3.8) is 0 Å². The van der Waals surface area contributed by atoms with Crippen LogP contribution in [-0.4, -0.2) is 48.3 Å². The number of hydrogen-bond donors (Lipinski definition) is 0. The molecule has 6 heteroatoms. The molecule has 1 fully saturated rings. The van der Waals surface area contributed by atoms with Gasteiger partial charge in [0.05, 0.1) is 13.2 Å². The molecule has 0 aromatic carbocycles. The zero-order chi connectivity index (χ0) is 14.5. The van der Waals surface area contributed by atoms with Crippen molar-refractivity contribution in [1.29, 1.82) is 0 Å². The Morgan fingerprint density at radius 2 is 2.14 bits per heavy atom. The van der Waals surface area contributed by atoms with Gasteiger partial charge in [-0.25, -0.2) is 9.97 Å². The summed E-state index contributed by atoms with van der Waals surface area (Å²) in [6.07, 6.45) is 5.28. The largest absolute Gasteiger partial charge is 0.378 e. The van der Waals surface area contributed by atoms with E-state index in [-0.39, 0.29) is 0 Å². The van der Waals surface area contributed by atoms with Gasteiger partial charge in [0.1, 0.15) is 18.0 Å². The lowest BCUT2D eigenvalue weighted by atomic mass is 10.2. The van der Waals surface area contributed by atoms with Crippen LogP contribution < -0.4 is 9.80 Å². The number of hydrogen-bond acceptors (Lipinski definition) is 6. The number of ether oxygens (including phenoxy) is 1. The second-order valence-electron chi connectivity index (χ2n) is 5.05. The van der Waals surface area contributed by atoms with Gasteiger partial charge in [-0.3, -0.25) is 4.98 Å². The highest BCUT2D eigenvalue weighted by molar-refractivity contribution is 5.50. The van der Waals surface area contributed by atoms with Crippen molar-refractivity contribution in [3.05, 3.63) is 42.5 Å². The average Bonchev–Trinajstić information content (AvgIpc) is 2.57. The first kappa shape index (κ1) is 13.8. The molecule has 0 radical (unpaired) electrons. The van der Waals surface area contributed by atoms with E-state index in [0.29, 0.717) is 0 Å². The molecule has 0 atom stereocenters. The molecule has 1 aliphatic rings. The van der Waals surface area contributed by atoms with Crippen molar-refractivity contribution in [2.24, 2.45) is 0 Å². The Morgan fingerprint density at radius 3 is 2.90 bits per heavy atom. The molecule has 1 aliphatic heterocycles. The third-order valence-electron chi connectivity index (χ3n) is 3.51. The average molecular weight is 285 g/mol. The van der Waals surface area contributed by atoms with Gasteiger partial charge in [-0.2, -0.15) is 0 Å². The molecule has 2 aromatic heterocycles. The van der Waals surface area contributed by atoms with E-state index in [1.807, 2.05) is 25.4 Å².